The van der Waals surface area contributed by atoms with Crippen molar-refractivity contribution in [3.63, 3.8) is 0 Å². The summed E-state index contributed by atoms with van der Waals surface area (Å²) in [4.78, 5) is 0. The quantitative estimate of drug-likeness (QED) is 0.612. The van der Waals surface area contributed by atoms with E-state index in [2.05, 4.69) is 33.0 Å². The lowest BCUT2D eigenvalue weighted by Crippen LogP contribution is -2.25. The third-order valence-corrected chi connectivity index (χ3v) is 2.83. The van der Waals surface area contributed by atoms with Gasteiger partial charge in [-0.05, 0) is 38.3 Å². The maximum Gasteiger partial charge on any atom is 0.139 e. The van der Waals surface area contributed by atoms with Crippen molar-refractivity contribution in [3.05, 3.63) is 23.8 Å². The monoisotopic (exact) mass is 174 g/mol. The first-order chi connectivity index (χ1) is 6.25. The summed E-state index contributed by atoms with van der Waals surface area (Å²) in [5.74, 6) is 1.04. The van der Waals surface area contributed by atoms with E-state index in [9.17, 15) is 0 Å². The Morgan fingerprint density at radius 1 is 1.38 bits per heavy atom. The topological polar surface area (TPSA) is 9.23 Å². The van der Waals surface area contributed by atoms with Gasteiger partial charge in [-0.2, -0.15) is 0 Å². The maximum absolute atomic E-state index is 5.79. The molecule has 0 atom stereocenters. The predicted octanol–water partition coefficient (Wildman–Crippen LogP) is 1.18. The zero-order chi connectivity index (χ0) is 9.26. The van der Waals surface area contributed by atoms with E-state index < -0.39 is 0 Å². The van der Waals surface area contributed by atoms with Crippen LogP contribution in [-0.2, 0) is 0 Å². The summed E-state index contributed by atoms with van der Waals surface area (Å²) >= 11 is 0. The summed E-state index contributed by atoms with van der Waals surface area (Å²) in [6.07, 6.45) is 4.28. The SMILES string of the molecule is Bc1cc(OC2CCC2)ccc1C. The molecular formula is C11H15BO. The molecule has 0 saturated heterocycles. The number of benzene rings is 1. The van der Waals surface area contributed by atoms with Gasteiger partial charge < -0.3 is 4.74 Å². The van der Waals surface area contributed by atoms with Crippen LogP contribution in [0.3, 0.4) is 0 Å². The normalized spacial score (nSPS) is 16.7. The molecule has 0 aliphatic heterocycles. The van der Waals surface area contributed by atoms with E-state index in [0.717, 1.165) is 5.75 Å². The zero-order valence-electron chi connectivity index (χ0n) is 8.34. The van der Waals surface area contributed by atoms with Crippen molar-refractivity contribution >= 4 is 13.3 Å². The lowest BCUT2D eigenvalue weighted by Gasteiger charge is -2.26. The highest BCUT2D eigenvalue weighted by Crippen LogP contribution is 2.24. The lowest BCUT2D eigenvalue weighted by molar-refractivity contribution is 0.120. The Bertz CT molecular complexity index is 305. The molecule has 1 aliphatic carbocycles. The van der Waals surface area contributed by atoms with Crippen LogP contribution in [0.4, 0.5) is 0 Å². The molecule has 68 valence electrons. The standard InChI is InChI=1S/C11H15BO/c1-8-5-6-10(7-11(8)12)13-9-3-2-4-9/h5-7,9H,2-4,12H2,1H3. The summed E-state index contributed by atoms with van der Waals surface area (Å²) in [6.45, 7) is 2.13. The molecule has 2 heteroatoms. The predicted molar refractivity (Wildman–Crippen MR) is 57.6 cm³/mol. The number of hydrogen-bond acceptors (Lipinski definition) is 1. The number of aryl methyl sites for hydroxylation is 1. The van der Waals surface area contributed by atoms with Crippen LogP contribution < -0.4 is 10.2 Å². The van der Waals surface area contributed by atoms with Gasteiger partial charge in [0, 0.05) is 0 Å². The fourth-order valence-electron chi connectivity index (χ4n) is 1.47. The van der Waals surface area contributed by atoms with Gasteiger partial charge in [-0.25, -0.2) is 0 Å². The number of ether oxygens (including phenoxy) is 1. The van der Waals surface area contributed by atoms with E-state index in [0.29, 0.717) is 6.10 Å². The molecule has 2 rings (SSSR count). The molecule has 1 aliphatic rings. The Kier molecular flexibility index (Phi) is 2.30. The summed E-state index contributed by atoms with van der Waals surface area (Å²) in [5, 5.41) is 0. The fourth-order valence-corrected chi connectivity index (χ4v) is 1.47. The van der Waals surface area contributed by atoms with Crippen LogP contribution in [0, 0.1) is 6.92 Å². The molecule has 13 heavy (non-hydrogen) atoms. The molecule has 0 amide bonds. The van der Waals surface area contributed by atoms with Crippen LogP contribution in [0.2, 0.25) is 0 Å². The molecule has 0 heterocycles. The second kappa shape index (κ2) is 3.45. The van der Waals surface area contributed by atoms with Gasteiger partial charge in [0.1, 0.15) is 13.6 Å². The third kappa shape index (κ3) is 1.88. The largest absolute Gasteiger partial charge is 0.490 e. The molecule has 0 N–H and O–H groups in total. The average molecular weight is 174 g/mol. The first-order valence-electron chi connectivity index (χ1n) is 4.99. The summed E-state index contributed by atoms with van der Waals surface area (Å²) < 4.78 is 5.79. The fraction of sp³-hybridized carbons (Fsp3) is 0.455. The van der Waals surface area contributed by atoms with E-state index >= 15 is 0 Å². The van der Waals surface area contributed by atoms with Gasteiger partial charge >= 0.3 is 0 Å². The second-order valence-corrected chi connectivity index (χ2v) is 3.92. The molecule has 0 spiro atoms. The first kappa shape index (κ1) is 8.67. The highest BCUT2D eigenvalue weighted by molar-refractivity contribution is 6.33. The van der Waals surface area contributed by atoms with Crippen molar-refractivity contribution in [2.24, 2.45) is 0 Å². The lowest BCUT2D eigenvalue weighted by atomic mass is 9.91. The van der Waals surface area contributed by atoms with Crippen LogP contribution in [-0.4, -0.2) is 14.0 Å². The van der Waals surface area contributed by atoms with Gasteiger partial charge in [0.15, 0.2) is 0 Å². The Labute approximate surface area is 80.5 Å². The molecular weight excluding hydrogens is 159 g/mol. The first-order valence-corrected chi connectivity index (χ1v) is 4.99. The molecule has 1 nitrogen and oxygen atoms in total. The smallest absolute Gasteiger partial charge is 0.139 e. The Morgan fingerprint density at radius 2 is 2.15 bits per heavy atom. The molecule has 0 radical (unpaired) electrons. The van der Waals surface area contributed by atoms with Crippen molar-refractivity contribution in [3.8, 4) is 5.75 Å². The molecule has 0 bridgehead atoms. The van der Waals surface area contributed by atoms with Crippen molar-refractivity contribution in [1.82, 2.24) is 0 Å². The number of hydrogen-bond donors (Lipinski definition) is 0. The molecule has 0 aromatic heterocycles. The Balaban J connectivity index is 2.07. The van der Waals surface area contributed by atoms with E-state index in [-0.39, 0.29) is 0 Å². The highest BCUT2D eigenvalue weighted by Gasteiger charge is 2.18. The maximum atomic E-state index is 5.79. The highest BCUT2D eigenvalue weighted by atomic mass is 16.5. The minimum absolute atomic E-state index is 0.488. The second-order valence-electron chi connectivity index (χ2n) is 3.92. The van der Waals surface area contributed by atoms with E-state index in [1.54, 1.807) is 0 Å². The molecule has 0 unspecified atom stereocenters. The summed E-state index contributed by atoms with van der Waals surface area (Å²) in [7, 11) is 2.13. The molecule has 1 aromatic rings. The van der Waals surface area contributed by atoms with Gasteiger partial charge in [-0.1, -0.05) is 17.1 Å². The van der Waals surface area contributed by atoms with Crippen molar-refractivity contribution < 1.29 is 4.74 Å². The van der Waals surface area contributed by atoms with Crippen LogP contribution in [0.1, 0.15) is 24.8 Å². The zero-order valence-corrected chi connectivity index (χ0v) is 8.34. The van der Waals surface area contributed by atoms with Gasteiger partial charge in [0.05, 0.1) is 6.10 Å². The molecule has 1 fully saturated rings. The minimum atomic E-state index is 0.488. The van der Waals surface area contributed by atoms with Crippen molar-refractivity contribution in [2.75, 3.05) is 0 Å². The van der Waals surface area contributed by atoms with Crippen LogP contribution in [0.15, 0.2) is 18.2 Å². The van der Waals surface area contributed by atoms with Crippen molar-refractivity contribution in [1.29, 1.82) is 0 Å². The van der Waals surface area contributed by atoms with Crippen molar-refractivity contribution in [2.45, 2.75) is 32.3 Å². The van der Waals surface area contributed by atoms with Gasteiger partial charge in [-0.3, -0.25) is 0 Å². The van der Waals surface area contributed by atoms with E-state index in [1.807, 2.05) is 0 Å². The summed E-state index contributed by atoms with van der Waals surface area (Å²) in [6, 6.07) is 6.33. The average Bonchev–Trinajstić information content (AvgIpc) is 2.04. The van der Waals surface area contributed by atoms with E-state index in [4.69, 9.17) is 4.74 Å². The number of rotatable bonds is 2. The van der Waals surface area contributed by atoms with Crippen LogP contribution in [0.25, 0.3) is 0 Å². The van der Waals surface area contributed by atoms with Gasteiger partial charge in [-0.15, -0.1) is 0 Å². The Morgan fingerprint density at radius 3 is 2.69 bits per heavy atom. The van der Waals surface area contributed by atoms with Crippen LogP contribution in [0.5, 0.6) is 5.75 Å². The third-order valence-electron chi connectivity index (χ3n) is 2.83. The van der Waals surface area contributed by atoms with Gasteiger partial charge in [0.25, 0.3) is 0 Å². The molecule has 1 aromatic carbocycles. The van der Waals surface area contributed by atoms with Crippen LogP contribution >= 0.6 is 0 Å². The Hall–Kier alpha value is -0.915. The molecule has 1 saturated carbocycles. The van der Waals surface area contributed by atoms with Gasteiger partial charge in [0.2, 0.25) is 0 Å². The minimum Gasteiger partial charge on any atom is -0.490 e. The van der Waals surface area contributed by atoms with E-state index in [1.165, 1.54) is 30.3 Å². The summed E-state index contributed by atoms with van der Waals surface area (Å²) in [5.41, 5.74) is 2.65.